The highest BCUT2D eigenvalue weighted by Crippen LogP contribution is 2.28. The van der Waals surface area contributed by atoms with Crippen molar-refractivity contribution in [3.8, 4) is 6.07 Å². The summed E-state index contributed by atoms with van der Waals surface area (Å²) < 4.78 is 5.02. The van der Waals surface area contributed by atoms with Crippen LogP contribution in [-0.4, -0.2) is 31.8 Å². The highest BCUT2D eigenvalue weighted by molar-refractivity contribution is 5.74. The second-order valence-electron chi connectivity index (χ2n) is 5.42. The van der Waals surface area contributed by atoms with Crippen molar-refractivity contribution in [1.29, 1.82) is 5.26 Å². The lowest BCUT2D eigenvalue weighted by Crippen LogP contribution is -2.15. The summed E-state index contributed by atoms with van der Waals surface area (Å²) in [6.45, 7) is 3.65. The van der Waals surface area contributed by atoms with Gasteiger partial charge in [-0.2, -0.15) is 5.26 Å². The van der Waals surface area contributed by atoms with Gasteiger partial charge >= 0.3 is 0 Å². The smallest absolute Gasteiger partial charge is 0.152 e. The van der Waals surface area contributed by atoms with E-state index in [9.17, 15) is 5.26 Å². The van der Waals surface area contributed by atoms with Crippen molar-refractivity contribution in [3.63, 3.8) is 0 Å². The molecule has 6 nitrogen and oxygen atoms in total. The number of nitrogens with zero attached hydrogens (tertiary/aromatic N) is 2. The van der Waals surface area contributed by atoms with Crippen molar-refractivity contribution in [2.45, 2.75) is 13.3 Å². The van der Waals surface area contributed by atoms with Crippen LogP contribution >= 0.6 is 0 Å². The molecule has 0 spiro atoms. The Labute approximate surface area is 142 Å². The zero-order valence-electron chi connectivity index (χ0n) is 14.1. The molecule has 0 radical (unpaired) electrons. The van der Waals surface area contributed by atoms with Crippen molar-refractivity contribution in [2.24, 2.45) is 0 Å². The molecule has 0 bridgehead atoms. The molecule has 126 valence electrons. The largest absolute Gasteiger partial charge is 0.395 e. The molecule has 0 aliphatic carbocycles. The lowest BCUT2D eigenvalue weighted by Gasteiger charge is -2.15. The normalized spacial score (nSPS) is 10.2. The molecule has 24 heavy (non-hydrogen) atoms. The Kier molecular flexibility index (Phi) is 6.41. The number of nitrogen functional groups attached to an aromatic ring is 1. The van der Waals surface area contributed by atoms with E-state index in [-0.39, 0.29) is 0 Å². The fourth-order valence-electron chi connectivity index (χ4n) is 2.36. The summed E-state index contributed by atoms with van der Waals surface area (Å²) in [5.74, 6) is 1.13. The Morgan fingerprint density at radius 3 is 2.54 bits per heavy atom. The number of hydrogen-bond donors (Lipinski definition) is 3. The van der Waals surface area contributed by atoms with E-state index in [1.807, 2.05) is 25.1 Å². The van der Waals surface area contributed by atoms with Crippen molar-refractivity contribution in [1.82, 2.24) is 4.98 Å². The van der Waals surface area contributed by atoms with Crippen molar-refractivity contribution in [2.75, 3.05) is 43.2 Å². The summed E-state index contributed by atoms with van der Waals surface area (Å²) in [6, 6.07) is 12.4. The first-order chi connectivity index (χ1) is 11.7. The molecule has 0 atom stereocenters. The maximum atomic E-state index is 9.36. The predicted octanol–water partition coefficient (Wildman–Crippen LogP) is 2.56. The summed E-state index contributed by atoms with van der Waals surface area (Å²) in [5, 5.41) is 15.8. The highest BCUT2D eigenvalue weighted by Gasteiger charge is 2.14. The first-order valence-corrected chi connectivity index (χ1v) is 7.88. The molecule has 2 aromatic rings. The molecule has 0 aliphatic rings. The van der Waals surface area contributed by atoms with Crippen LogP contribution in [0.1, 0.15) is 16.7 Å². The van der Waals surface area contributed by atoms with E-state index < -0.39 is 0 Å². The van der Waals surface area contributed by atoms with Gasteiger partial charge in [-0.05, 0) is 24.5 Å². The van der Waals surface area contributed by atoms with Gasteiger partial charge in [0.15, 0.2) is 5.82 Å². The van der Waals surface area contributed by atoms with Gasteiger partial charge in [0.1, 0.15) is 11.9 Å². The standard InChI is InChI=1S/C18H23N5O/c1-13-15(12-19)17(22-10-11-24-2)23-18(16(13)20)21-9-8-14-6-4-3-5-7-14/h3-7H,8-11,20H2,1-2H3,(H2,21,22,23). The van der Waals surface area contributed by atoms with Gasteiger partial charge in [-0.3, -0.25) is 0 Å². The molecular formula is C18H23N5O. The first-order valence-electron chi connectivity index (χ1n) is 7.88. The molecule has 1 heterocycles. The number of ether oxygens (including phenoxy) is 1. The number of pyridine rings is 1. The van der Waals surface area contributed by atoms with E-state index >= 15 is 0 Å². The Bertz CT molecular complexity index is 710. The fraction of sp³-hybridized carbons (Fsp3) is 0.333. The summed E-state index contributed by atoms with van der Waals surface area (Å²) in [6.07, 6.45) is 0.868. The second-order valence-corrected chi connectivity index (χ2v) is 5.42. The van der Waals surface area contributed by atoms with Crippen LogP contribution in [0.3, 0.4) is 0 Å². The average molecular weight is 325 g/mol. The molecule has 0 unspecified atom stereocenters. The molecule has 1 aromatic carbocycles. The number of methoxy groups -OCH3 is 1. The van der Waals surface area contributed by atoms with E-state index in [1.165, 1.54) is 5.56 Å². The Morgan fingerprint density at radius 1 is 1.17 bits per heavy atom. The van der Waals surface area contributed by atoms with Crippen LogP contribution in [0.15, 0.2) is 30.3 Å². The average Bonchev–Trinajstić information content (AvgIpc) is 2.60. The van der Waals surface area contributed by atoms with Gasteiger partial charge < -0.3 is 21.1 Å². The van der Waals surface area contributed by atoms with Crippen LogP contribution in [-0.2, 0) is 11.2 Å². The van der Waals surface area contributed by atoms with Gasteiger partial charge in [0.05, 0.1) is 17.9 Å². The maximum Gasteiger partial charge on any atom is 0.152 e. The highest BCUT2D eigenvalue weighted by atomic mass is 16.5. The van der Waals surface area contributed by atoms with Gasteiger partial charge in [0.2, 0.25) is 0 Å². The molecule has 0 fully saturated rings. The number of aromatic nitrogens is 1. The molecule has 0 saturated carbocycles. The van der Waals surface area contributed by atoms with Gasteiger partial charge in [-0.1, -0.05) is 30.3 Å². The number of anilines is 3. The molecule has 4 N–H and O–H groups in total. The molecule has 6 heteroatoms. The summed E-state index contributed by atoms with van der Waals surface area (Å²) >= 11 is 0. The van der Waals surface area contributed by atoms with Crippen LogP contribution in [0.2, 0.25) is 0 Å². The maximum absolute atomic E-state index is 9.36. The van der Waals surface area contributed by atoms with Gasteiger partial charge in [-0.25, -0.2) is 4.98 Å². The van der Waals surface area contributed by atoms with Crippen LogP contribution in [0.25, 0.3) is 0 Å². The van der Waals surface area contributed by atoms with Crippen molar-refractivity contribution >= 4 is 17.3 Å². The number of benzene rings is 1. The van der Waals surface area contributed by atoms with E-state index in [2.05, 4.69) is 33.8 Å². The third kappa shape index (κ3) is 4.37. The topological polar surface area (TPSA) is 96.0 Å². The number of nitriles is 1. The minimum atomic E-state index is 0.470. The molecule has 0 saturated heterocycles. The van der Waals surface area contributed by atoms with Crippen LogP contribution in [0.5, 0.6) is 0 Å². The summed E-state index contributed by atoms with van der Waals surface area (Å²) in [7, 11) is 1.63. The quantitative estimate of drug-likeness (QED) is 0.646. The Morgan fingerprint density at radius 2 is 1.88 bits per heavy atom. The van der Waals surface area contributed by atoms with Crippen LogP contribution in [0, 0.1) is 18.3 Å². The SMILES string of the molecule is COCCNc1nc(NCCc2ccccc2)c(N)c(C)c1C#N. The van der Waals surface area contributed by atoms with Crippen molar-refractivity contribution in [3.05, 3.63) is 47.0 Å². The minimum Gasteiger partial charge on any atom is -0.395 e. The lowest BCUT2D eigenvalue weighted by atomic mass is 10.1. The Balaban J connectivity index is 2.12. The third-order valence-electron chi connectivity index (χ3n) is 3.75. The summed E-state index contributed by atoms with van der Waals surface area (Å²) in [4.78, 5) is 4.48. The van der Waals surface area contributed by atoms with Crippen LogP contribution < -0.4 is 16.4 Å². The van der Waals surface area contributed by atoms with Crippen LogP contribution in [0.4, 0.5) is 17.3 Å². The second kappa shape index (κ2) is 8.75. The van der Waals surface area contributed by atoms with Gasteiger partial charge in [-0.15, -0.1) is 0 Å². The molecule has 0 amide bonds. The number of hydrogen-bond acceptors (Lipinski definition) is 6. The van der Waals surface area contributed by atoms with E-state index in [0.29, 0.717) is 42.6 Å². The van der Waals surface area contributed by atoms with Crippen molar-refractivity contribution < 1.29 is 4.74 Å². The number of nitrogens with one attached hydrogen (secondary N) is 2. The van der Waals surface area contributed by atoms with Gasteiger partial charge in [0, 0.05) is 20.2 Å². The van der Waals surface area contributed by atoms with E-state index in [0.717, 1.165) is 12.0 Å². The molecule has 1 aromatic heterocycles. The molecular weight excluding hydrogens is 302 g/mol. The molecule has 2 rings (SSSR count). The number of nitrogens with two attached hydrogens (primary N) is 1. The predicted molar refractivity (Wildman–Crippen MR) is 97.1 cm³/mol. The number of rotatable bonds is 8. The van der Waals surface area contributed by atoms with E-state index in [4.69, 9.17) is 10.5 Å². The van der Waals surface area contributed by atoms with Gasteiger partial charge in [0.25, 0.3) is 0 Å². The third-order valence-corrected chi connectivity index (χ3v) is 3.75. The zero-order valence-corrected chi connectivity index (χ0v) is 14.1. The Hall–Kier alpha value is -2.78. The van der Waals surface area contributed by atoms with E-state index in [1.54, 1.807) is 7.11 Å². The minimum absolute atomic E-state index is 0.470. The monoisotopic (exact) mass is 325 g/mol. The lowest BCUT2D eigenvalue weighted by molar-refractivity contribution is 0.210. The summed E-state index contributed by atoms with van der Waals surface area (Å²) in [5.41, 5.74) is 9.09. The fourth-order valence-corrected chi connectivity index (χ4v) is 2.36. The first kappa shape index (κ1) is 17.6. The zero-order chi connectivity index (χ0) is 17.4. The molecule has 0 aliphatic heterocycles.